The number of carbonyl (C=O) groups is 2. The molecule has 2 aromatic rings. The van der Waals surface area contributed by atoms with E-state index in [1.165, 1.54) is 4.90 Å². The topological polar surface area (TPSA) is 49.4 Å². The van der Waals surface area contributed by atoms with Crippen LogP contribution in [0.4, 0.5) is 0 Å². The van der Waals surface area contributed by atoms with E-state index in [0.717, 1.165) is 6.42 Å². The van der Waals surface area contributed by atoms with E-state index in [1.54, 1.807) is 43.3 Å². The number of amides is 2. The summed E-state index contributed by atoms with van der Waals surface area (Å²) in [7, 11) is 0. The minimum absolute atomic E-state index is 0.0769. The second-order valence-electron chi connectivity index (χ2n) is 6.65. The maximum absolute atomic E-state index is 13.1. The van der Waals surface area contributed by atoms with Crippen LogP contribution in [0.25, 0.3) is 0 Å². The molecule has 2 aromatic carbocycles. The summed E-state index contributed by atoms with van der Waals surface area (Å²) in [6.45, 7) is 4.38. The van der Waals surface area contributed by atoms with E-state index >= 15 is 0 Å². The average Bonchev–Trinajstić information content (AvgIpc) is 2.67. The first-order chi connectivity index (χ1) is 13.7. The molecule has 8 heteroatoms. The van der Waals surface area contributed by atoms with Crippen LogP contribution >= 0.6 is 46.4 Å². The van der Waals surface area contributed by atoms with Gasteiger partial charge in [-0.25, -0.2) is 0 Å². The highest BCUT2D eigenvalue weighted by atomic mass is 35.5. The number of nitrogens with one attached hydrogen (secondary N) is 1. The van der Waals surface area contributed by atoms with Gasteiger partial charge in [-0.1, -0.05) is 65.5 Å². The molecule has 29 heavy (non-hydrogen) atoms. The normalized spacial score (nSPS) is 11.8. The average molecular weight is 476 g/mol. The molecule has 0 aliphatic heterocycles. The second-order valence-corrected chi connectivity index (χ2v) is 8.31. The molecule has 156 valence electrons. The van der Waals surface area contributed by atoms with Crippen LogP contribution in [0.15, 0.2) is 36.4 Å². The Morgan fingerprint density at radius 1 is 1.00 bits per heavy atom. The Bertz CT molecular complexity index is 889. The minimum atomic E-state index is -0.677. The van der Waals surface area contributed by atoms with Crippen LogP contribution in [0, 0.1) is 0 Å². The lowest BCUT2D eigenvalue weighted by molar-refractivity contribution is -0.140. The highest BCUT2D eigenvalue weighted by Gasteiger charge is 2.26. The van der Waals surface area contributed by atoms with E-state index in [9.17, 15) is 9.59 Å². The van der Waals surface area contributed by atoms with Crippen molar-refractivity contribution >= 4 is 58.2 Å². The maximum Gasteiger partial charge on any atom is 0.242 e. The summed E-state index contributed by atoms with van der Waals surface area (Å²) >= 11 is 24.3. The van der Waals surface area contributed by atoms with Gasteiger partial charge in [0.1, 0.15) is 6.04 Å². The van der Waals surface area contributed by atoms with Crippen molar-refractivity contribution in [3.63, 3.8) is 0 Å². The molecule has 0 radical (unpaired) electrons. The lowest BCUT2D eigenvalue weighted by Gasteiger charge is -2.29. The van der Waals surface area contributed by atoms with Gasteiger partial charge in [-0.2, -0.15) is 0 Å². The van der Waals surface area contributed by atoms with E-state index in [1.807, 2.05) is 6.92 Å². The molecule has 1 N–H and O–H groups in total. The molecule has 0 unspecified atom stereocenters. The van der Waals surface area contributed by atoms with Crippen molar-refractivity contribution in [2.24, 2.45) is 0 Å². The Kier molecular flexibility index (Phi) is 9.09. The fourth-order valence-corrected chi connectivity index (χ4v) is 3.53. The van der Waals surface area contributed by atoms with Crippen molar-refractivity contribution in [3.05, 3.63) is 67.6 Å². The van der Waals surface area contributed by atoms with Crippen LogP contribution in [-0.2, 0) is 22.6 Å². The Labute approximate surface area is 191 Å². The van der Waals surface area contributed by atoms with Crippen LogP contribution in [0.3, 0.4) is 0 Å². The zero-order valence-electron chi connectivity index (χ0n) is 16.1. The van der Waals surface area contributed by atoms with Gasteiger partial charge in [0.2, 0.25) is 11.8 Å². The third-order valence-corrected chi connectivity index (χ3v) is 5.74. The van der Waals surface area contributed by atoms with E-state index in [2.05, 4.69) is 5.32 Å². The standard InChI is InChI=1S/C21H22Cl4N2O2/c1-3-8-26-21(29)13(2)27(12-15-5-6-16(22)11-18(15)24)20(28)10-14-4-7-17(23)19(25)9-14/h4-7,9,11,13H,3,8,10,12H2,1-2H3,(H,26,29)/t13-/m0/s1. The Morgan fingerprint density at radius 2 is 1.72 bits per heavy atom. The smallest absolute Gasteiger partial charge is 0.242 e. The molecule has 0 aliphatic carbocycles. The van der Waals surface area contributed by atoms with Gasteiger partial charge in [-0.05, 0) is 48.7 Å². The van der Waals surface area contributed by atoms with Crippen LogP contribution < -0.4 is 5.32 Å². The quantitative estimate of drug-likeness (QED) is 0.525. The Balaban J connectivity index is 2.27. The molecule has 0 aliphatic rings. The summed E-state index contributed by atoms with van der Waals surface area (Å²) in [4.78, 5) is 27.1. The van der Waals surface area contributed by atoms with Crippen molar-refractivity contribution in [1.82, 2.24) is 10.2 Å². The van der Waals surface area contributed by atoms with Gasteiger partial charge in [-0.15, -0.1) is 0 Å². The lowest BCUT2D eigenvalue weighted by Crippen LogP contribution is -2.48. The molecule has 4 nitrogen and oxygen atoms in total. The second kappa shape index (κ2) is 11.1. The Hall–Kier alpha value is -1.46. The molecule has 1 atom stereocenters. The molecule has 0 fully saturated rings. The van der Waals surface area contributed by atoms with Gasteiger partial charge in [0.05, 0.1) is 16.5 Å². The molecule has 0 bridgehead atoms. The van der Waals surface area contributed by atoms with E-state index in [-0.39, 0.29) is 24.8 Å². The first-order valence-corrected chi connectivity index (χ1v) is 10.7. The van der Waals surface area contributed by atoms with E-state index in [4.69, 9.17) is 46.4 Å². The van der Waals surface area contributed by atoms with Crippen LogP contribution in [0.1, 0.15) is 31.4 Å². The molecular weight excluding hydrogens is 454 g/mol. The van der Waals surface area contributed by atoms with Gasteiger partial charge in [0, 0.05) is 23.1 Å². The van der Waals surface area contributed by atoms with Gasteiger partial charge in [0.15, 0.2) is 0 Å². The molecule has 0 saturated heterocycles. The number of hydrogen-bond donors (Lipinski definition) is 1. The van der Waals surface area contributed by atoms with Crippen molar-refractivity contribution in [2.75, 3.05) is 6.54 Å². The number of hydrogen-bond acceptors (Lipinski definition) is 2. The fourth-order valence-electron chi connectivity index (χ4n) is 2.74. The van der Waals surface area contributed by atoms with Gasteiger partial charge in [-0.3, -0.25) is 9.59 Å². The van der Waals surface area contributed by atoms with Crippen LogP contribution in [0.2, 0.25) is 20.1 Å². The minimum Gasteiger partial charge on any atom is -0.354 e. The Morgan fingerprint density at radius 3 is 2.34 bits per heavy atom. The summed E-state index contributed by atoms with van der Waals surface area (Å²) in [5.74, 6) is -0.451. The highest BCUT2D eigenvalue weighted by Crippen LogP contribution is 2.25. The van der Waals surface area contributed by atoms with Crippen LogP contribution in [0.5, 0.6) is 0 Å². The lowest BCUT2D eigenvalue weighted by atomic mass is 10.1. The summed E-state index contributed by atoms with van der Waals surface area (Å²) in [6, 6.07) is 9.42. The van der Waals surface area contributed by atoms with Crippen LogP contribution in [-0.4, -0.2) is 29.3 Å². The maximum atomic E-state index is 13.1. The largest absolute Gasteiger partial charge is 0.354 e. The van der Waals surface area contributed by atoms with E-state index in [0.29, 0.717) is 37.8 Å². The van der Waals surface area contributed by atoms with E-state index < -0.39 is 6.04 Å². The summed E-state index contributed by atoms with van der Waals surface area (Å²) in [5, 5.41) is 4.56. The van der Waals surface area contributed by atoms with Crippen molar-refractivity contribution in [1.29, 1.82) is 0 Å². The zero-order chi connectivity index (χ0) is 21.6. The molecular formula is C21H22Cl4N2O2. The molecule has 2 amide bonds. The van der Waals surface area contributed by atoms with Crippen molar-refractivity contribution in [2.45, 2.75) is 39.3 Å². The first-order valence-electron chi connectivity index (χ1n) is 9.18. The first kappa shape index (κ1) is 23.8. The zero-order valence-corrected chi connectivity index (χ0v) is 19.2. The molecule has 2 rings (SSSR count). The third-order valence-electron chi connectivity index (χ3n) is 4.41. The van der Waals surface area contributed by atoms with Crippen molar-refractivity contribution in [3.8, 4) is 0 Å². The number of nitrogens with zero attached hydrogens (tertiary/aromatic N) is 1. The highest BCUT2D eigenvalue weighted by molar-refractivity contribution is 6.42. The number of carbonyl (C=O) groups excluding carboxylic acids is 2. The van der Waals surface area contributed by atoms with Gasteiger partial charge < -0.3 is 10.2 Å². The summed E-state index contributed by atoms with van der Waals surface area (Å²) in [5.41, 5.74) is 1.41. The summed E-state index contributed by atoms with van der Waals surface area (Å²) < 4.78 is 0. The predicted octanol–water partition coefficient (Wildman–Crippen LogP) is 5.79. The van der Waals surface area contributed by atoms with Gasteiger partial charge >= 0.3 is 0 Å². The predicted molar refractivity (Wildman–Crippen MR) is 120 cm³/mol. The molecule has 0 saturated carbocycles. The van der Waals surface area contributed by atoms with Crippen molar-refractivity contribution < 1.29 is 9.59 Å². The number of halogens is 4. The molecule has 0 heterocycles. The molecule has 0 aromatic heterocycles. The number of rotatable bonds is 8. The third kappa shape index (κ3) is 6.78. The van der Waals surface area contributed by atoms with Gasteiger partial charge in [0.25, 0.3) is 0 Å². The monoisotopic (exact) mass is 474 g/mol. The molecule has 0 spiro atoms. The summed E-state index contributed by atoms with van der Waals surface area (Å²) in [6.07, 6.45) is 0.881. The fraction of sp³-hybridized carbons (Fsp3) is 0.333. The SMILES string of the molecule is CCCNC(=O)[C@H](C)N(Cc1ccc(Cl)cc1Cl)C(=O)Cc1ccc(Cl)c(Cl)c1. The number of benzene rings is 2.